The van der Waals surface area contributed by atoms with Gasteiger partial charge in [-0.1, -0.05) is 16.8 Å². The summed E-state index contributed by atoms with van der Waals surface area (Å²) in [5, 5.41) is 3.85. The Hall–Kier alpha value is -1.84. The number of nitrogens with zero attached hydrogens (tertiary/aromatic N) is 1. The average Bonchev–Trinajstić information content (AvgIpc) is 2.29. The van der Waals surface area contributed by atoms with Gasteiger partial charge in [0.15, 0.2) is 0 Å². The average molecular weight is 235 g/mol. The van der Waals surface area contributed by atoms with E-state index in [0.717, 1.165) is 11.1 Å². The third kappa shape index (κ3) is 3.31. The van der Waals surface area contributed by atoms with Gasteiger partial charge in [0.2, 0.25) is 0 Å². The number of rotatable bonds is 4. The lowest BCUT2D eigenvalue weighted by Gasteiger charge is -2.09. The van der Waals surface area contributed by atoms with Crippen molar-refractivity contribution in [3.8, 4) is 0 Å². The van der Waals surface area contributed by atoms with Crippen molar-refractivity contribution >= 4 is 11.7 Å². The maximum atomic E-state index is 11.8. The molecule has 0 N–H and O–H groups in total. The van der Waals surface area contributed by atoms with Gasteiger partial charge in [-0.15, -0.1) is 0 Å². The Kier molecular flexibility index (Phi) is 4.69. The second kappa shape index (κ2) is 6.03. The summed E-state index contributed by atoms with van der Waals surface area (Å²) in [6.45, 7) is 5.88. The van der Waals surface area contributed by atoms with E-state index in [2.05, 4.69) is 5.16 Å². The van der Waals surface area contributed by atoms with Gasteiger partial charge in [0.25, 0.3) is 0 Å². The molecule has 0 aliphatic rings. The number of hydrogen-bond donors (Lipinski definition) is 0. The summed E-state index contributed by atoms with van der Waals surface area (Å²) in [7, 11) is 1.48. The highest BCUT2D eigenvalue weighted by molar-refractivity contribution is 6.07. The van der Waals surface area contributed by atoms with Gasteiger partial charge in [0, 0.05) is 5.56 Å². The normalized spacial score (nSPS) is 11.2. The maximum absolute atomic E-state index is 11.8. The van der Waals surface area contributed by atoms with Crippen LogP contribution in [0.3, 0.4) is 0 Å². The van der Waals surface area contributed by atoms with E-state index in [9.17, 15) is 4.79 Å². The number of benzene rings is 1. The van der Waals surface area contributed by atoms with Crippen LogP contribution in [0.25, 0.3) is 0 Å². The van der Waals surface area contributed by atoms with Gasteiger partial charge in [0.1, 0.15) is 7.11 Å². The highest BCUT2D eigenvalue weighted by Gasteiger charge is 2.14. The van der Waals surface area contributed by atoms with Crippen molar-refractivity contribution in [2.45, 2.75) is 20.8 Å². The van der Waals surface area contributed by atoms with Gasteiger partial charge >= 0.3 is 5.97 Å². The molecule has 1 rings (SSSR count). The standard InChI is InChI=1S/C13H17NO3/c1-5-17-13(15)11-7-6-9(2)8-12(11)10(3)14-16-4/h6-8H,5H2,1-4H3/b14-10+. The predicted molar refractivity (Wildman–Crippen MR) is 66.4 cm³/mol. The third-order valence-electron chi connectivity index (χ3n) is 2.29. The topological polar surface area (TPSA) is 47.9 Å². The minimum absolute atomic E-state index is 0.340. The van der Waals surface area contributed by atoms with Gasteiger partial charge in [-0.2, -0.15) is 0 Å². The number of hydrogen-bond acceptors (Lipinski definition) is 4. The summed E-state index contributed by atoms with van der Waals surface area (Å²) >= 11 is 0. The van der Waals surface area contributed by atoms with Crippen molar-refractivity contribution in [2.75, 3.05) is 13.7 Å². The Balaban J connectivity index is 3.21. The molecule has 0 heterocycles. The molecule has 0 saturated heterocycles. The molecule has 0 radical (unpaired) electrons. The minimum atomic E-state index is -0.340. The molecular formula is C13H17NO3. The second-order valence-corrected chi connectivity index (χ2v) is 3.63. The number of carbonyl (C=O) groups is 1. The predicted octanol–water partition coefficient (Wildman–Crippen LogP) is 2.54. The SMILES string of the molecule is CCOC(=O)c1ccc(C)cc1/C(C)=N/OC. The van der Waals surface area contributed by atoms with Crippen molar-refractivity contribution in [1.82, 2.24) is 0 Å². The van der Waals surface area contributed by atoms with E-state index in [-0.39, 0.29) is 5.97 Å². The minimum Gasteiger partial charge on any atom is -0.462 e. The molecule has 0 fully saturated rings. The smallest absolute Gasteiger partial charge is 0.338 e. The molecule has 0 aliphatic carbocycles. The van der Waals surface area contributed by atoms with Crippen LogP contribution in [-0.4, -0.2) is 25.4 Å². The molecular weight excluding hydrogens is 218 g/mol. The number of esters is 1. The summed E-state index contributed by atoms with van der Waals surface area (Å²) in [6, 6.07) is 5.51. The largest absolute Gasteiger partial charge is 0.462 e. The van der Waals surface area contributed by atoms with E-state index in [1.54, 1.807) is 19.9 Å². The molecule has 17 heavy (non-hydrogen) atoms. The Morgan fingerprint density at radius 1 is 1.35 bits per heavy atom. The summed E-state index contributed by atoms with van der Waals surface area (Å²) in [5.74, 6) is -0.340. The fraction of sp³-hybridized carbons (Fsp3) is 0.385. The van der Waals surface area contributed by atoms with E-state index < -0.39 is 0 Å². The van der Waals surface area contributed by atoms with Crippen LogP contribution in [-0.2, 0) is 9.57 Å². The maximum Gasteiger partial charge on any atom is 0.338 e. The molecule has 0 atom stereocenters. The molecule has 0 amide bonds. The molecule has 4 nitrogen and oxygen atoms in total. The second-order valence-electron chi connectivity index (χ2n) is 3.63. The van der Waals surface area contributed by atoms with Crippen LogP contribution >= 0.6 is 0 Å². The van der Waals surface area contributed by atoms with Crippen LogP contribution in [0.2, 0.25) is 0 Å². The molecule has 4 heteroatoms. The lowest BCUT2D eigenvalue weighted by atomic mass is 10.0. The number of oxime groups is 1. The van der Waals surface area contributed by atoms with Crippen LogP contribution < -0.4 is 0 Å². The number of aryl methyl sites for hydroxylation is 1. The van der Waals surface area contributed by atoms with E-state index in [1.807, 2.05) is 19.1 Å². The fourth-order valence-corrected chi connectivity index (χ4v) is 1.53. The quantitative estimate of drug-likeness (QED) is 0.457. The van der Waals surface area contributed by atoms with Gasteiger partial charge in [-0.25, -0.2) is 4.79 Å². The molecule has 0 saturated carbocycles. The first kappa shape index (κ1) is 13.2. The Labute approximate surface area is 101 Å². The van der Waals surface area contributed by atoms with Crippen molar-refractivity contribution in [3.05, 3.63) is 34.9 Å². The van der Waals surface area contributed by atoms with E-state index in [1.165, 1.54) is 7.11 Å². The van der Waals surface area contributed by atoms with Gasteiger partial charge in [0.05, 0.1) is 17.9 Å². The van der Waals surface area contributed by atoms with Gasteiger partial charge in [-0.3, -0.25) is 0 Å². The molecule has 0 bridgehead atoms. The zero-order valence-corrected chi connectivity index (χ0v) is 10.6. The molecule has 0 spiro atoms. The molecule has 0 aromatic heterocycles. The van der Waals surface area contributed by atoms with E-state index in [4.69, 9.17) is 9.57 Å². The Morgan fingerprint density at radius 2 is 2.06 bits per heavy atom. The Bertz CT molecular complexity index is 438. The number of carbonyl (C=O) groups excluding carboxylic acids is 1. The van der Waals surface area contributed by atoms with Crippen LogP contribution in [0.1, 0.15) is 35.3 Å². The highest BCUT2D eigenvalue weighted by atomic mass is 16.6. The third-order valence-corrected chi connectivity index (χ3v) is 2.29. The van der Waals surface area contributed by atoms with Gasteiger partial charge in [-0.05, 0) is 32.9 Å². The van der Waals surface area contributed by atoms with E-state index in [0.29, 0.717) is 17.9 Å². The highest BCUT2D eigenvalue weighted by Crippen LogP contribution is 2.14. The van der Waals surface area contributed by atoms with Crippen molar-refractivity contribution in [2.24, 2.45) is 5.16 Å². The van der Waals surface area contributed by atoms with Crippen LogP contribution in [0.5, 0.6) is 0 Å². The Morgan fingerprint density at radius 3 is 2.65 bits per heavy atom. The zero-order valence-electron chi connectivity index (χ0n) is 10.6. The van der Waals surface area contributed by atoms with E-state index >= 15 is 0 Å². The fourth-order valence-electron chi connectivity index (χ4n) is 1.53. The van der Waals surface area contributed by atoms with Gasteiger partial charge < -0.3 is 9.57 Å². The molecule has 1 aromatic carbocycles. The summed E-state index contributed by atoms with van der Waals surface area (Å²) in [5.41, 5.74) is 2.96. The van der Waals surface area contributed by atoms with Crippen molar-refractivity contribution in [1.29, 1.82) is 0 Å². The van der Waals surface area contributed by atoms with Crippen molar-refractivity contribution < 1.29 is 14.4 Å². The van der Waals surface area contributed by atoms with Crippen LogP contribution in [0, 0.1) is 6.92 Å². The lowest BCUT2D eigenvalue weighted by Crippen LogP contribution is -2.11. The lowest BCUT2D eigenvalue weighted by molar-refractivity contribution is 0.0526. The van der Waals surface area contributed by atoms with Crippen LogP contribution in [0.15, 0.2) is 23.4 Å². The summed E-state index contributed by atoms with van der Waals surface area (Å²) in [4.78, 5) is 16.5. The van der Waals surface area contributed by atoms with Crippen LogP contribution in [0.4, 0.5) is 0 Å². The first-order chi connectivity index (χ1) is 8.10. The molecule has 0 unspecified atom stereocenters. The first-order valence-electron chi connectivity index (χ1n) is 5.46. The molecule has 92 valence electrons. The summed E-state index contributed by atoms with van der Waals surface area (Å²) < 4.78 is 5.00. The zero-order chi connectivity index (χ0) is 12.8. The summed E-state index contributed by atoms with van der Waals surface area (Å²) in [6.07, 6.45) is 0. The molecule has 0 aliphatic heterocycles. The monoisotopic (exact) mass is 235 g/mol. The van der Waals surface area contributed by atoms with Crippen molar-refractivity contribution in [3.63, 3.8) is 0 Å². The first-order valence-corrected chi connectivity index (χ1v) is 5.46. The molecule has 1 aromatic rings. The number of ether oxygens (including phenoxy) is 1.